The zero-order valence-corrected chi connectivity index (χ0v) is 10.0. The van der Waals surface area contributed by atoms with Crippen LogP contribution in [0.4, 0.5) is 0 Å². The third-order valence-corrected chi connectivity index (χ3v) is 1.85. The first-order valence-corrected chi connectivity index (χ1v) is 3.26. The van der Waals surface area contributed by atoms with Crippen molar-refractivity contribution in [2.45, 2.75) is 18.3 Å². The van der Waals surface area contributed by atoms with Crippen LogP contribution in [0.25, 0.3) is 0 Å². The Kier molecular flexibility index (Phi) is 3.39. The summed E-state index contributed by atoms with van der Waals surface area (Å²) in [6.07, 6.45) is 0.283. The molecule has 2 saturated heterocycles. The molecule has 2 rings (SSSR count). The van der Waals surface area contributed by atoms with Crippen LogP contribution in [0.1, 0.15) is 0 Å². The smallest absolute Gasteiger partial charge is 0.0805 e. The Bertz CT molecular complexity index is 129. The predicted molar refractivity (Wildman–Crippen MR) is 30.9 cm³/mol. The van der Waals surface area contributed by atoms with Crippen molar-refractivity contribution in [2.24, 2.45) is 0 Å². The fourth-order valence-corrected chi connectivity index (χ4v) is 1.26. The van der Waals surface area contributed by atoms with Crippen LogP contribution in [-0.4, -0.2) is 41.7 Å². The van der Waals surface area contributed by atoms with Crippen molar-refractivity contribution in [1.82, 2.24) is 0 Å². The van der Waals surface area contributed by atoms with Crippen molar-refractivity contribution in [3.8, 4) is 0 Å². The van der Waals surface area contributed by atoms with Crippen LogP contribution in [0, 0.1) is 37.2 Å². The summed E-state index contributed by atoms with van der Waals surface area (Å²) in [7, 11) is 0. The molecule has 2 heterocycles. The van der Waals surface area contributed by atoms with E-state index in [2.05, 4.69) is 0 Å². The molecule has 0 saturated carbocycles. The van der Waals surface area contributed by atoms with Crippen LogP contribution >= 0.6 is 0 Å². The van der Waals surface area contributed by atoms with Gasteiger partial charge >= 0.3 is 0 Å². The number of ether oxygens (including phenoxy) is 2. The van der Waals surface area contributed by atoms with Crippen LogP contribution in [0.15, 0.2) is 0 Å². The van der Waals surface area contributed by atoms with E-state index in [4.69, 9.17) is 19.7 Å². The average Bonchev–Trinajstić information content (AvgIpc) is 2.67. The molecule has 11 heavy (non-hydrogen) atoms. The number of epoxide rings is 1. The van der Waals surface area contributed by atoms with Crippen molar-refractivity contribution in [3.63, 3.8) is 0 Å². The topological polar surface area (TPSA) is 62.2 Å². The quantitative estimate of drug-likeness (QED) is 0.459. The molecule has 0 aliphatic carbocycles. The summed E-state index contributed by atoms with van der Waals surface area (Å²) < 4.78 is 10.2. The Balaban J connectivity index is 0.000000605. The molecule has 0 bridgehead atoms. The molecule has 4 nitrogen and oxygen atoms in total. The van der Waals surface area contributed by atoms with Gasteiger partial charge in [-0.2, -0.15) is 0 Å². The molecule has 5 heteroatoms. The van der Waals surface area contributed by atoms with Gasteiger partial charge < -0.3 is 19.7 Å². The summed E-state index contributed by atoms with van der Waals surface area (Å²) in [5.74, 6) is 0. The Morgan fingerprint density at radius 3 is 2.45 bits per heavy atom. The minimum atomic E-state index is -0.243. The summed E-state index contributed by atoms with van der Waals surface area (Å²) in [5, 5.41) is 17.3. The van der Waals surface area contributed by atoms with E-state index in [0.717, 1.165) is 0 Å². The van der Waals surface area contributed by atoms with Crippen molar-refractivity contribution in [3.05, 3.63) is 6.10 Å². The zero-order chi connectivity index (χ0) is 7.14. The zero-order valence-electron chi connectivity index (χ0n) is 5.86. The molecule has 2 fully saturated rings. The van der Waals surface area contributed by atoms with E-state index >= 15 is 0 Å². The first-order valence-electron chi connectivity index (χ1n) is 3.26. The second-order valence-corrected chi connectivity index (χ2v) is 2.48. The monoisotopic (exact) mass is 383 g/mol. The molecule has 0 aromatic carbocycles. The van der Waals surface area contributed by atoms with E-state index in [1.54, 1.807) is 0 Å². The average molecular weight is 383 g/mol. The number of hydrogen-bond acceptors (Lipinski definition) is 4. The molecule has 0 aromatic heterocycles. The number of aliphatic hydroxyl groups is 2. The molecule has 2 aliphatic rings. The van der Waals surface area contributed by atoms with Gasteiger partial charge in [0, 0.05) is 31.1 Å². The van der Waals surface area contributed by atoms with Gasteiger partial charge in [-0.1, -0.05) is 6.61 Å². The Morgan fingerprint density at radius 1 is 1.36 bits per heavy atom. The third-order valence-electron chi connectivity index (χ3n) is 1.85. The van der Waals surface area contributed by atoms with Gasteiger partial charge in [-0.25, -0.2) is 0 Å². The van der Waals surface area contributed by atoms with E-state index in [1.165, 1.54) is 0 Å². The molecule has 0 amide bonds. The molecule has 0 aromatic rings. The number of aliphatic hydroxyl groups excluding tert-OH is 2. The van der Waals surface area contributed by atoms with Gasteiger partial charge in [-0.3, -0.25) is 0 Å². The van der Waals surface area contributed by atoms with Crippen molar-refractivity contribution >= 4 is 0 Å². The van der Waals surface area contributed by atoms with Crippen LogP contribution in [0.2, 0.25) is 0 Å². The van der Waals surface area contributed by atoms with Crippen LogP contribution in [0.5, 0.6) is 0 Å². The van der Waals surface area contributed by atoms with Gasteiger partial charge in [0.05, 0.1) is 18.8 Å². The summed E-state index contributed by atoms with van der Waals surface area (Å²) >= 11 is 0. The standard InChI is InChI=1S/C6H9O4.U/c7-1-3-5-6(10-5)4(2-8)9-3;/h3,5-8H,1-2H2;/q-1;/t3-,5?,6?;/m1./s1. The van der Waals surface area contributed by atoms with E-state index in [-0.39, 0.29) is 62.6 Å². The molecule has 3 atom stereocenters. The van der Waals surface area contributed by atoms with E-state index < -0.39 is 0 Å². The fraction of sp³-hybridized carbons (Fsp3) is 0.833. The Labute approximate surface area is 88.2 Å². The maximum atomic E-state index is 8.68. The van der Waals surface area contributed by atoms with Crippen LogP contribution in [-0.2, 0) is 9.47 Å². The summed E-state index contributed by atoms with van der Waals surface area (Å²) in [6.45, 7) is -0.137. The number of rotatable bonds is 2. The molecule has 2 N–H and O–H groups in total. The van der Waals surface area contributed by atoms with Crippen LogP contribution < -0.4 is 0 Å². The molecule has 2 aliphatic heterocycles. The number of fused-ring (bicyclic) bond motifs is 1. The molecule has 0 radical (unpaired) electrons. The molecular formula is C6H9O4U-. The molecular weight excluding hydrogens is 374 g/mol. The van der Waals surface area contributed by atoms with Gasteiger partial charge in [0.2, 0.25) is 0 Å². The van der Waals surface area contributed by atoms with E-state index in [1.807, 2.05) is 0 Å². The number of hydrogen-bond donors (Lipinski definition) is 2. The minimum absolute atomic E-state index is 0. The fourth-order valence-electron chi connectivity index (χ4n) is 1.26. The van der Waals surface area contributed by atoms with Gasteiger partial charge in [0.15, 0.2) is 0 Å². The maximum Gasteiger partial charge on any atom is 0.0805 e. The van der Waals surface area contributed by atoms with Gasteiger partial charge in [0.1, 0.15) is 0 Å². The van der Waals surface area contributed by atoms with Crippen molar-refractivity contribution in [2.75, 3.05) is 13.2 Å². The van der Waals surface area contributed by atoms with E-state index in [0.29, 0.717) is 6.10 Å². The first-order chi connectivity index (χ1) is 4.86. The third kappa shape index (κ3) is 1.64. The van der Waals surface area contributed by atoms with Crippen molar-refractivity contribution < 1.29 is 50.8 Å². The van der Waals surface area contributed by atoms with Gasteiger partial charge in [-0.15, -0.1) is 6.10 Å². The largest absolute Gasteiger partial charge is 0.538 e. The maximum absolute atomic E-state index is 8.68. The molecule has 2 unspecified atom stereocenters. The predicted octanol–water partition coefficient (Wildman–Crippen LogP) is -1.33. The van der Waals surface area contributed by atoms with Gasteiger partial charge in [-0.05, 0) is 6.10 Å². The molecule has 0 spiro atoms. The van der Waals surface area contributed by atoms with Crippen LogP contribution in [0.3, 0.4) is 0 Å². The summed E-state index contributed by atoms with van der Waals surface area (Å²) in [6, 6.07) is 0. The summed E-state index contributed by atoms with van der Waals surface area (Å²) in [5.41, 5.74) is 0. The Morgan fingerprint density at radius 2 is 2.09 bits per heavy atom. The Hall–Kier alpha value is 0.892. The normalized spacial score (nSPS) is 41.5. The van der Waals surface area contributed by atoms with E-state index in [9.17, 15) is 0 Å². The SMILES string of the molecule is OC[C-]1O[C@H](CO)C2OC12.[U]. The van der Waals surface area contributed by atoms with Crippen molar-refractivity contribution in [1.29, 1.82) is 0 Å². The second kappa shape index (κ2) is 3.74. The molecule has 62 valence electrons. The minimum Gasteiger partial charge on any atom is -0.538 e. The first kappa shape index (κ1) is 9.98. The second-order valence-electron chi connectivity index (χ2n) is 2.48. The summed E-state index contributed by atoms with van der Waals surface area (Å²) in [4.78, 5) is 0. The van der Waals surface area contributed by atoms with Gasteiger partial charge in [0.25, 0.3) is 0 Å².